The Balaban J connectivity index is 2.86. The SMILES string of the molecule is CCCCCCCCOC(=O)c1c(CCCCCCCC)cccc1C(=O)OS(=O)(=O)O. The zero-order valence-corrected chi connectivity index (χ0v) is 20.3. The van der Waals surface area contributed by atoms with Crippen molar-refractivity contribution in [2.24, 2.45) is 0 Å². The molecule has 1 N–H and O–H groups in total. The van der Waals surface area contributed by atoms with Crippen LogP contribution in [-0.2, 0) is 25.7 Å². The van der Waals surface area contributed by atoms with Crippen molar-refractivity contribution in [3.05, 3.63) is 34.9 Å². The molecule has 0 spiro atoms. The van der Waals surface area contributed by atoms with Crippen molar-refractivity contribution in [2.75, 3.05) is 6.61 Å². The number of unbranched alkanes of at least 4 members (excludes halogenated alkanes) is 10. The van der Waals surface area contributed by atoms with Crippen molar-refractivity contribution in [1.82, 2.24) is 0 Å². The van der Waals surface area contributed by atoms with Crippen LogP contribution in [0.15, 0.2) is 18.2 Å². The molecule has 0 saturated carbocycles. The summed E-state index contributed by atoms with van der Waals surface area (Å²) < 4.78 is 40.4. The summed E-state index contributed by atoms with van der Waals surface area (Å²) in [6.45, 7) is 4.53. The highest BCUT2D eigenvalue weighted by Gasteiger charge is 2.25. The normalized spacial score (nSPS) is 11.3. The third kappa shape index (κ3) is 11.6. The summed E-state index contributed by atoms with van der Waals surface area (Å²) in [5.41, 5.74) is 0.401. The Bertz CT molecular complexity index is 803. The second kappa shape index (κ2) is 15.8. The molecular weight excluding hydrogens is 432 g/mol. The number of aryl methyl sites for hydroxylation is 1. The molecule has 0 bridgehead atoms. The molecule has 8 heteroatoms. The lowest BCUT2D eigenvalue weighted by Crippen LogP contribution is -2.19. The van der Waals surface area contributed by atoms with Crippen LogP contribution >= 0.6 is 0 Å². The van der Waals surface area contributed by atoms with E-state index in [2.05, 4.69) is 18.0 Å². The number of hydrogen-bond donors (Lipinski definition) is 1. The fourth-order valence-electron chi connectivity index (χ4n) is 3.58. The summed E-state index contributed by atoms with van der Waals surface area (Å²) in [7, 11) is -4.99. The minimum atomic E-state index is -4.99. The Kier molecular flexibility index (Phi) is 13.9. The Morgan fingerprint density at radius 2 is 1.38 bits per heavy atom. The summed E-state index contributed by atoms with van der Waals surface area (Å²) in [6, 6.07) is 4.61. The van der Waals surface area contributed by atoms with E-state index in [1.807, 2.05) is 0 Å². The summed E-state index contributed by atoms with van der Waals surface area (Å²) in [6.07, 6.45) is 13.2. The van der Waals surface area contributed by atoms with Crippen molar-refractivity contribution >= 4 is 22.3 Å². The molecule has 0 aliphatic heterocycles. The van der Waals surface area contributed by atoms with Crippen LogP contribution in [-0.4, -0.2) is 31.5 Å². The fourth-order valence-corrected chi connectivity index (χ4v) is 3.86. The number of hydrogen-bond acceptors (Lipinski definition) is 6. The second-order valence-electron chi connectivity index (χ2n) is 8.06. The molecule has 1 aromatic carbocycles. The first-order chi connectivity index (χ1) is 15.3. The summed E-state index contributed by atoms with van der Waals surface area (Å²) in [4.78, 5) is 25.1. The molecule has 0 fully saturated rings. The van der Waals surface area contributed by atoms with E-state index >= 15 is 0 Å². The van der Waals surface area contributed by atoms with Crippen molar-refractivity contribution in [2.45, 2.75) is 97.3 Å². The number of benzene rings is 1. The fraction of sp³-hybridized carbons (Fsp3) is 0.667. The minimum absolute atomic E-state index is 0.0145. The largest absolute Gasteiger partial charge is 0.462 e. The predicted octanol–water partition coefficient (Wildman–Crippen LogP) is 6.07. The lowest BCUT2D eigenvalue weighted by atomic mass is 9.96. The lowest BCUT2D eigenvalue weighted by molar-refractivity contribution is 0.0487. The van der Waals surface area contributed by atoms with Gasteiger partial charge in [0.1, 0.15) is 0 Å². The first-order valence-electron chi connectivity index (χ1n) is 11.8. The van der Waals surface area contributed by atoms with Crippen LogP contribution in [0, 0.1) is 0 Å². The van der Waals surface area contributed by atoms with Crippen molar-refractivity contribution < 1.29 is 31.5 Å². The Morgan fingerprint density at radius 3 is 1.97 bits per heavy atom. The van der Waals surface area contributed by atoms with E-state index in [0.717, 1.165) is 64.2 Å². The van der Waals surface area contributed by atoms with Gasteiger partial charge in [-0.2, -0.15) is 8.42 Å². The molecular formula is C24H38O7S. The van der Waals surface area contributed by atoms with Gasteiger partial charge in [0, 0.05) is 0 Å². The zero-order valence-electron chi connectivity index (χ0n) is 19.4. The third-order valence-electron chi connectivity index (χ3n) is 5.29. The molecule has 182 valence electrons. The maximum absolute atomic E-state index is 12.8. The van der Waals surface area contributed by atoms with Gasteiger partial charge in [0.2, 0.25) is 0 Å². The molecule has 0 radical (unpaired) electrons. The van der Waals surface area contributed by atoms with Gasteiger partial charge in [-0.05, 0) is 30.9 Å². The number of carbonyl (C=O) groups excluding carboxylic acids is 2. The van der Waals surface area contributed by atoms with E-state index in [1.165, 1.54) is 18.9 Å². The summed E-state index contributed by atoms with van der Waals surface area (Å²) in [5, 5.41) is 0. The smallest absolute Gasteiger partial charge is 0.449 e. The zero-order chi connectivity index (χ0) is 23.8. The van der Waals surface area contributed by atoms with Crippen LogP contribution in [0.5, 0.6) is 0 Å². The second-order valence-corrected chi connectivity index (χ2v) is 9.08. The van der Waals surface area contributed by atoms with Crippen LogP contribution in [0.2, 0.25) is 0 Å². The summed E-state index contributed by atoms with van der Waals surface area (Å²) in [5.74, 6) is -1.98. The predicted molar refractivity (Wildman–Crippen MR) is 124 cm³/mol. The van der Waals surface area contributed by atoms with Gasteiger partial charge in [-0.1, -0.05) is 90.2 Å². The number of esters is 1. The van der Waals surface area contributed by atoms with Gasteiger partial charge < -0.3 is 8.92 Å². The minimum Gasteiger partial charge on any atom is -0.462 e. The van der Waals surface area contributed by atoms with Gasteiger partial charge in [0.05, 0.1) is 17.7 Å². The van der Waals surface area contributed by atoms with Crippen LogP contribution < -0.4 is 0 Å². The highest BCUT2D eigenvalue weighted by atomic mass is 32.3. The average molecular weight is 471 g/mol. The molecule has 0 atom stereocenters. The van der Waals surface area contributed by atoms with Crippen molar-refractivity contribution in [1.29, 1.82) is 0 Å². The highest BCUT2D eigenvalue weighted by Crippen LogP contribution is 2.21. The number of rotatable bonds is 17. The molecule has 0 unspecified atom stereocenters. The lowest BCUT2D eigenvalue weighted by Gasteiger charge is -2.13. The Hall–Kier alpha value is -1.93. The molecule has 7 nitrogen and oxygen atoms in total. The Morgan fingerprint density at radius 1 is 0.812 bits per heavy atom. The van der Waals surface area contributed by atoms with Gasteiger partial charge in [-0.3, -0.25) is 4.55 Å². The van der Waals surface area contributed by atoms with Crippen LogP contribution in [0.4, 0.5) is 0 Å². The molecule has 0 aromatic heterocycles. The maximum Gasteiger partial charge on any atom is 0.449 e. The highest BCUT2D eigenvalue weighted by molar-refractivity contribution is 7.81. The molecule has 0 amide bonds. The molecule has 0 heterocycles. The molecule has 32 heavy (non-hydrogen) atoms. The van der Waals surface area contributed by atoms with Gasteiger partial charge in [0.25, 0.3) is 0 Å². The third-order valence-corrected chi connectivity index (χ3v) is 5.65. The molecule has 0 saturated heterocycles. The van der Waals surface area contributed by atoms with Crippen LogP contribution in [0.25, 0.3) is 0 Å². The topological polar surface area (TPSA) is 107 Å². The molecule has 1 aromatic rings. The number of carbonyl (C=O) groups is 2. The van der Waals surface area contributed by atoms with E-state index in [0.29, 0.717) is 12.0 Å². The van der Waals surface area contributed by atoms with Gasteiger partial charge in [0.15, 0.2) is 0 Å². The standard InChI is InChI=1S/C24H38O7S/c1-3-5-7-9-11-13-16-20-17-15-18-21(23(25)31-32(27,28)29)22(20)24(26)30-19-14-12-10-8-6-4-2/h15,17-18H,3-14,16,19H2,1-2H3,(H,27,28,29). The monoisotopic (exact) mass is 470 g/mol. The quantitative estimate of drug-likeness (QED) is 0.167. The van der Waals surface area contributed by atoms with Gasteiger partial charge in [-0.15, -0.1) is 0 Å². The summed E-state index contributed by atoms with van der Waals surface area (Å²) >= 11 is 0. The van der Waals surface area contributed by atoms with E-state index in [4.69, 9.17) is 9.29 Å². The molecule has 1 rings (SSSR count). The van der Waals surface area contributed by atoms with E-state index in [9.17, 15) is 18.0 Å². The van der Waals surface area contributed by atoms with E-state index in [1.54, 1.807) is 12.1 Å². The van der Waals surface area contributed by atoms with Gasteiger partial charge >= 0.3 is 22.3 Å². The van der Waals surface area contributed by atoms with Crippen molar-refractivity contribution in [3.63, 3.8) is 0 Å². The first-order valence-corrected chi connectivity index (χ1v) is 13.2. The molecule has 0 aliphatic carbocycles. The average Bonchev–Trinajstić information content (AvgIpc) is 2.74. The molecule has 0 aliphatic rings. The van der Waals surface area contributed by atoms with E-state index in [-0.39, 0.29) is 17.7 Å². The number of ether oxygens (including phenoxy) is 1. The Labute approximate surface area is 192 Å². The van der Waals surface area contributed by atoms with E-state index < -0.39 is 22.3 Å². The maximum atomic E-state index is 12.8. The van der Waals surface area contributed by atoms with Crippen LogP contribution in [0.3, 0.4) is 0 Å². The van der Waals surface area contributed by atoms with Gasteiger partial charge in [-0.25, -0.2) is 9.59 Å². The first kappa shape index (κ1) is 28.1. The van der Waals surface area contributed by atoms with Crippen LogP contribution in [0.1, 0.15) is 117 Å². The van der Waals surface area contributed by atoms with Crippen molar-refractivity contribution in [3.8, 4) is 0 Å².